The molecule has 0 N–H and O–H groups in total. The van der Waals surface area contributed by atoms with Gasteiger partial charge in [0.1, 0.15) is 0 Å². The van der Waals surface area contributed by atoms with Crippen molar-refractivity contribution in [2.75, 3.05) is 24.7 Å². The lowest BCUT2D eigenvalue weighted by Crippen LogP contribution is -2.24. The lowest BCUT2D eigenvalue weighted by Gasteiger charge is -2.17. The summed E-state index contributed by atoms with van der Waals surface area (Å²) in [6.07, 6.45) is 0. The molecule has 11 heavy (non-hydrogen) atoms. The van der Waals surface area contributed by atoms with Gasteiger partial charge in [-0.05, 0) is 0 Å². The van der Waals surface area contributed by atoms with Crippen molar-refractivity contribution in [2.45, 2.75) is 6.92 Å². The number of rotatable bonds is 0. The molecule has 0 aromatic carbocycles. The van der Waals surface area contributed by atoms with E-state index >= 15 is 0 Å². The molecule has 0 radical (unpaired) electrons. The van der Waals surface area contributed by atoms with Crippen molar-refractivity contribution in [3.63, 3.8) is 0 Å². The predicted molar refractivity (Wildman–Crippen MR) is 41.1 cm³/mol. The molecule has 0 bridgehead atoms. The molecule has 0 aromatic heterocycles. The van der Waals surface area contributed by atoms with Crippen molar-refractivity contribution in [2.24, 2.45) is 11.3 Å². The van der Waals surface area contributed by atoms with Crippen LogP contribution in [0.4, 0.5) is 0 Å². The number of hydrogen-bond acceptors (Lipinski definition) is 3. The third-order valence-electron chi connectivity index (χ3n) is 2.74. The summed E-state index contributed by atoms with van der Waals surface area (Å²) in [5.74, 6) is 0.918. The van der Waals surface area contributed by atoms with E-state index in [2.05, 4.69) is 0 Å². The maximum absolute atomic E-state index is 11.2. The maximum atomic E-state index is 11.2. The predicted octanol–water partition coefficient (Wildman–Crippen LogP) is 0.0675. The second-order valence-electron chi connectivity index (χ2n) is 3.92. The Morgan fingerprint density at radius 3 is 2.91 bits per heavy atom. The molecule has 0 aliphatic carbocycles. The van der Waals surface area contributed by atoms with Gasteiger partial charge in [-0.2, -0.15) is 0 Å². The average Bonchev–Trinajstić information content (AvgIpc) is 2.16. The van der Waals surface area contributed by atoms with E-state index in [4.69, 9.17) is 4.74 Å². The topological polar surface area (TPSA) is 43.4 Å². The lowest BCUT2D eigenvalue weighted by atomic mass is 9.84. The van der Waals surface area contributed by atoms with Crippen LogP contribution in [0.5, 0.6) is 0 Å². The Labute approximate surface area is 66.7 Å². The highest BCUT2D eigenvalue weighted by molar-refractivity contribution is 7.91. The first-order chi connectivity index (χ1) is 5.02. The molecule has 2 heterocycles. The first kappa shape index (κ1) is 7.55. The average molecular weight is 176 g/mol. The molecule has 0 saturated carbocycles. The molecule has 3 nitrogen and oxygen atoms in total. The molecule has 2 aliphatic rings. The normalized spacial score (nSPS) is 47.5. The highest BCUT2D eigenvalue weighted by Gasteiger charge is 2.50. The standard InChI is InChI=1S/C7H12O3S/c1-7-4-10-2-6(7)3-11(8,9)5-7/h6H,2-5H2,1H3. The van der Waals surface area contributed by atoms with E-state index in [-0.39, 0.29) is 11.3 Å². The smallest absolute Gasteiger partial charge is 0.151 e. The van der Waals surface area contributed by atoms with Gasteiger partial charge in [-0.25, -0.2) is 8.42 Å². The molecule has 64 valence electrons. The zero-order valence-electron chi connectivity index (χ0n) is 6.54. The molecule has 2 atom stereocenters. The Hall–Kier alpha value is -0.0900. The first-order valence-electron chi connectivity index (χ1n) is 3.80. The second kappa shape index (κ2) is 1.98. The summed E-state index contributed by atoms with van der Waals surface area (Å²) in [6.45, 7) is 3.27. The summed E-state index contributed by atoms with van der Waals surface area (Å²) in [6, 6.07) is 0. The molecular weight excluding hydrogens is 164 g/mol. The molecule has 4 heteroatoms. The SMILES string of the molecule is CC12COCC1CS(=O)(=O)C2. The molecule has 2 rings (SSSR count). The minimum Gasteiger partial charge on any atom is -0.380 e. The van der Waals surface area contributed by atoms with Crippen LogP contribution in [0.1, 0.15) is 6.92 Å². The van der Waals surface area contributed by atoms with Crippen LogP contribution < -0.4 is 0 Å². The fraction of sp³-hybridized carbons (Fsp3) is 1.00. The van der Waals surface area contributed by atoms with Crippen molar-refractivity contribution in [1.82, 2.24) is 0 Å². The second-order valence-corrected chi connectivity index (χ2v) is 6.03. The zero-order valence-corrected chi connectivity index (χ0v) is 7.36. The highest BCUT2D eigenvalue weighted by Crippen LogP contribution is 2.41. The monoisotopic (exact) mass is 176 g/mol. The van der Waals surface area contributed by atoms with Gasteiger partial charge in [0.2, 0.25) is 0 Å². The molecule has 0 aromatic rings. The van der Waals surface area contributed by atoms with Crippen LogP contribution in [0.3, 0.4) is 0 Å². The van der Waals surface area contributed by atoms with E-state index in [1.54, 1.807) is 0 Å². The van der Waals surface area contributed by atoms with E-state index in [0.717, 1.165) is 0 Å². The van der Waals surface area contributed by atoms with Gasteiger partial charge in [0.05, 0.1) is 24.7 Å². The van der Waals surface area contributed by atoms with Crippen molar-refractivity contribution >= 4 is 9.84 Å². The summed E-state index contributed by atoms with van der Waals surface area (Å²) in [5.41, 5.74) is -0.0706. The van der Waals surface area contributed by atoms with E-state index in [1.165, 1.54) is 0 Å². The van der Waals surface area contributed by atoms with Crippen molar-refractivity contribution in [1.29, 1.82) is 0 Å². The van der Waals surface area contributed by atoms with Gasteiger partial charge in [-0.15, -0.1) is 0 Å². The van der Waals surface area contributed by atoms with E-state index in [0.29, 0.717) is 24.7 Å². The third kappa shape index (κ3) is 1.08. The van der Waals surface area contributed by atoms with E-state index in [9.17, 15) is 8.42 Å². The Balaban J connectivity index is 2.33. The number of ether oxygens (including phenoxy) is 1. The fourth-order valence-electron chi connectivity index (χ4n) is 2.03. The number of sulfone groups is 1. The third-order valence-corrected chi connectivity index (χ3v) is 4.75. The molecule has 2 fully saturated rings. The Bertz CT molecular complexity index is 269. The first-order valence-corrected chi connectivity index (χ1v) is 5.62. The quantitative estimate of drug-likeness (QED) is 0.524. The highest BCUT2D eigenvalue weighted by atomic mass is 32.2. The largest absolute Gasteiger partial charge is 0.380 e. The minimum absolute atomic E-state index is 0.0706. The fourth-order valence-corrected chi connectivity index (χ4v) is 4.58. The van der Waals surface area contributed by atoms with Gasteiger partial charge in [-0.3, -0.25) is 0 Å². The lowest BCUT2D eigenvalue weighted by molar-refractivity contribution is 0.167. The van der Waals surface area contributed by atoms with Crippen LogP contribution in [-0.2, 0) is 14.6 Å². The van der Waals surface area contributed by atoms with Crippen molar-refractivity contribution in [3.8, 4) is 0 Å². The van der Waals surface area contributed by atoms with Gasteiger partial charge in [0.15, 0.2) is 9.84 Å². The van der Waals surface area contributed by atoms with Crippen LogP contribution in [0.2, 0.25) is 0 Å². The minimum atomic E-state index is -2.74. The summed E-state index contributed by atoms with van der Waals surface area (Å²) in [5, 5.41) is 0. The molecule has 2 aliphatic heterocycles. The molecule has 0 amide bonds. The molecule has 0 spiro atoms. The van der Waals surface area contributed by atoms with E-state index in [1.807, 2.05) is 6.92 Å². The summed E-state index contributed by atoms with van der Waals surface area (Å²) in [4.78, 5) is 0. The molecule has 2 unspecified atom stereocenters. The Morgan fingerprint density at radius 2 is 2.27 bits per heavy atom. The van der Waals surface area contributed by atoms with Gasteiger partial charge >= 0.3 is 0 Å². The molecular formula is C7H12O3S. The van der Waals surface area contributed by atoms with E-state index < -0.39 is 9.84 Å². The zero-order chi connectivity index (χ0) is 8.11. The Kier molecular flexibility index (Phi) is 1.36. The van der Waals surface area contributed by atoms with Gasteiger partial charge in [0, 0.05) is 11.3 Å². The van der Waals surface area contributed by atoms with Crippen LogP contribution >= 0.6 is 0 Å². The number of fused-ring (bicyclic) bond motifs is 1. The van der Waals surface area contributed by atoms with Crippen LogP contribution in [0.15, 0.2) is 0 Å². The molecule has 2 saturated heterocycles. The summed E-state index contributed by atoms with van der Waals surface area (Å²) in [7, 11) is -2.74. The van der Waals surface area contributed by atoms with Crippen LogP contribution in [-0.4, -0.2) is 33.1 Å². The van der Waals surface area contributed by atoms with Gasteiger partial charge in [-0.1, -0.05) is 6.92 Å². The van der Waals surface area contributed by atoms with Crippen molar-refractivity contribution in [3.05, 3.63) is 0 Å². The summed E-state index contributed by atoms with van der Waals surface area (Å²) >= 11 is 0. The van der Waals surface area contributed by atoms with Gasteiger partial charge in [0.25, 0.3) is 0 Å². The van der Waals surface area contributed by atoms with Crippen LogP contribution in [0.25, 0.3) is 0 Å². The van der Waals surface area contributed by atoms with Gasteiger partial charge < -0.3 is 4.74 Å². The Morgan fingerprint density at radius 1 is 1.55 bits per heavy atom. The maximum Gasteiger partial charge on any atom is 0.151 e. The number of hydrogen-bond donors (Lipinski definition) is 0. The summed E-state index contributed by atoms with van der Waals surface area (Å²) < 4.78 is 27.6. The van der Waals surface area contributed by atoms with Crippen LogP contribution in [0, 0.1) is 11.3 Å². The van der Waals surface area contributed by atoms with Crippen molar-refractivity contribution < 1.29 is 13.2 Å².